The Hall–Kier alpha value is -1.68. The molecule has 1 aliphatic heterocycles. The number of aromatic nitrogens is 2. The zero-order chi connectivity index (χ0) is 13.8. The zero-order valence-corrected chi connectivity index (χ0v) is 12.1. The Morgan fingerprint density at radius 3 is 2.40 bits per heavy atom. The third-order valence-electron chi connectivity index (χ3n) is 3.98. The van der Waals surface area contributed by atoms with Crippen molar-refractivity contribution in [3.05, 3.63) is 35.7 Å². The van der Waals surface area contributed by atoms with Gasteiger partial charge in [0.2, 0.25) is 5.89 Å². The minimum Gasteiger partial charge on any atom is -0.415 e. The van der Waals surface area contributed by atoms with Gasteiger partial charge in [0.05, 0.1) is 13.1 Å². The summed E-state index contributed by atoms with van der Waals surface area (Å²) in [6, 6.07) is 8.20. The summed E-state index contributed by atoms with van der Waals surface area (Å²) < 4.78 is 5.81. The molecule has 106 valence electrons. The average molecular weight is 272 g/mol. The number of benzene rings is 1. The SMILES string of the molecule is Cc1ccc(-c2nnc(C[NH+]3CCCCCC3)o2)cc1. The van der Waals surface area contributed by atoms with Crippen LogP contribution >= 0.6 is 0 Å². The van der Waals surface area contributed by atoms with Crippen molar-refractivity contribution in [2.75, 3.05) is 13.1 Å². The Balaban J connectivity index is 1.68. The Kier molecular flexibility index (Phi) is 4.11. The molecule has 1 fully saturated rings. The quantitative estimate of drug-likeness (QED) is 0.929. The fourth-order valence-corrected chi connectivity index (χ4v) is 2.76. The number of hydrogen-bond acceptors (Lipinski definition) is 3. The van der Waals surface area contributed by atoms with E-state index in [1.165, 1.54) is 44.3 Å². The highest BCUT2D eigenvalue weighted by molar-refractivity contribution is 5.52. The Labute approximate surface area is 119 Å². The van der Waals surface area contributed by atoms with Gasteiger partial charge in [0, 0.05) is 5.56 Å². The summed E-state index contributed by atoms with van der Waals surface area (Å²) in [4.78, 5) is 1.57. The molecule has 1 aromatic carbocycles. The average Bonchev–Trinajstić information content (AvgIpc) is 2.76. The number of hydrogen-bond donors (Lipinski definition) is 1. The second-order valence-corrected chi connectivity index (χ2v) is 5.71. The van der Waals surface area contributed by atoms with Crippen LogP contribution in [-0.4, -0.2) is 23.3 Å². The van der Waals surface area contributed by atoms with Crippen LogP contribution in [0, 0.1) is 6.92 Å². The molecule has 1 N–H and O–H groups in total. The maximum Gasteiger partial charge on any atom is 0.271 e. The molecule has 0 radical (unpaired) electrons. The second kappa shape index (κ2) is 6.18. The first-order valence-corrected chi connectivity index (χ1v) is 7.54. The van der Waals surface area contributed by atoms with Gasteiger partial charge >= 0.3 is 0 Å². The second-order valence-electron chi connectivity index (χ2n) is 5.71. The standard InChI is InChI=1S/C16H21N3O/c1-13-6-8-14(9-7-13)16-18-17-15(20-16)12-19-10-4-2-3-5-11-19/h6-9H,2-5,10-12H2,1H3/p+1. The molecule has 0 spiro atoms. The van der Waals surface area contributed by atoms with Crippen LogP contribution in [-0.2, 0) is 6.54 Å². The van der Waals surface area contributed by atoms with Crippen LogP contribution < -0.4 is 4.90 Å². The van der Waals surface area contributed by atoms with Crippen LogP contribution in [0.4, 0.5) is 0 Å². The van der Waals surface area contributed by atoms with Crippen LogP contribution in [0.15, 0.2) is 28.7 Å². The first-order chi connectivity index (χ1) is 9.81. The summed E-state index contributed by atoms with van der Waals surface area (Å²) in [5.74, 6) is 1.40. The first kappa shape index (κ1) is 13.3. The lowest BCUT2D eigenvalue weighted by atomic mass is 10.1. The molecule has 2 heterocycles. The molecule has 0 unspecified atom stereocenters. The normalized spacial score (nSPS) is 17.1. The van der Waals surface area contributed by atoms with Gasteiger partial charge < -0.3 is 9.32 Å². The van der Waals surface area contributed by atoms with Gasteiger partial charge in [-0.3, -0.25) is 0 Å². The molecular formula is C16H22N3O+. The molecule has 0 aliphatic carbocycles. The van der Waals surface area contributed by atoms with E-state index in [-0.39, 0.29) is 0 Å². The maximum atomic E-state index is 5.81. The highest BCUT2D eigenvalue weighted by Crippen LogP contribution is 2.17. The largest absolute Gasteiger partial charge is 0.415 e. The molecule has 0 bridgehead atoms. The van der Waals surface area contributed by atoms with Crippen molar-refractivity contribution in [3.8, 4) is 11.5 Å². The molecule has 2 aromatic rings. The van der Waals surface area contributed by atoms with Crippen LogP contribution in [0.2, 0.25) is 0 Å². The molecular weight excluding hydrogens is 250 g/mol. The molecule has 0 amide bonds. The van der Waals surface area contributed by atoms with E-state index in [1.54, 1.807) is 4.90 Å². The van der Waals surface area contributed by atoms with Crippen molar-refractivity contribution in [1.82, 2.24) is 10.2 Å². The smallest absolute Gasteiger partial charge is 0.271 e. The van der Waals surface area contributed by atoms with Crippen LogP contribution in [0.3, 0.4) is 0 Å². The molecule has 4 heteroatoms. The lowest BCUT2D eigenvalue weighted by Crippen LogP contribution is -3.10. The predicted molar refractivity (Wildman–Crippen MR) is 77.3 cm³/mol. The van der Waals surface area contributed by atoms with Crippen LogP contribution in [0.25, 0.3) is 11.5 Å². The Morgan fingerprint density at radius 2 is 1.70 bits per heavy atom. The summed E-state index contributed by atoms with van der Waals surface area (Å²) in [6.45, 7) is 5.38. The van der Waals surface area contributed by atoms with E-state index in [4.69, 9.17) is 4.42 Å². The van der Waals surface area contributed by atoms with Crippen molar-refractivity contribution < 1.29 is 9.32 Å². The minimum absolute atomic E-state index is 0.634. The highest BCUT2D eigenvalue weighted by Gasteiger charge is 2.17. The van der Waals surface area contributed by atoms with Gasteiger partial charge in [-0.25, -0.2) is 0 Å². The van der Waals surface area contributed by atoms with Gasteiger partial charge in [0.15, 0.2) is 6.54 Å². The maximum absolute atomic E-state index is 5.81. The van der Waals surface area contributed by atoms with Gasteiger partial charge in [-0.05, 0) is 44.7 Å². The van der Waals surface area contributed by atoms with Gasteiger partial charge in [0.25, 0.3) is 5.89 Å². The van der Waals surface area contributed by atoms with Crippen molar-refractivity contribution in [2.24, 2.45) is 0 Å². The number of quaternary nitrogens is 1. The number of likely N-dealkylation sites (tertiary alicyclic amines) is 1. The van der Waals surface area contributed by atoms with Gasteiger partial charge in [-0.2, -0.15) is 0 Å². The Morgan fingerprint density at radius 1 is 1.00 bits per heavy atom. The number of nitrogens with one attached hydrogen (secondary N) is 1. The van der Waals surface area contributed by atoms with E-state index >= 15 is 0 Å². The van der Waals surface area contributed by atoms with Gasteiger partial charge in [-0.1, -0.05) is 17.7 Å². The molecule has 3 rings (SSSR count). The fraction of sp³-hybridized carbons (Fsp3) is 0.500. The van der Waals surface area contributed by atoms with E-state index in [2.05, 4.69) is 29.3 Å². The van der Waals surface area contributed by atoms with Gasteiger partial charge in [-0.15, -0.1) is 10.2 Å². The summed E-state index contributed by atoms with van der Waals surface area (Å²) in [5.41, 5.74) is 2.24. The number of nitrogens with zero attached hydrogens (tertiary/aromatic N) is 2. The third-order valence-corrected chi connectivity index (χ3v) is 3.98. The third kappa shape index (κ3) is 3.25. The molecule has 1 aromatic heterocycles. The van der Waals surface area contributed by atoms with E-state index in [0.29, 0.717) is 5.89 Å². The molecule has 1 aliphatic rings. The summed E-state index contributed by atoms with van der Waals surface area (Å²) in [7, 11) is 0. The summed E-state index contributed by atoms with van der Waals surface area (Å²) in [5, 5.41) is 8.38. The van der Waals surface area contributed by atoms with Crippen molar-refractivity contribution in [2.45, 2.75) is 39.2 Å². The van der Waals surface area contributed by atoms with Crippen LogP contribution in [0.1, 0.15) is 37.1 Å². The highest BCUT2D eigenvalue weighted by atomic mass is 16.4. The van der Waals surface area contributed by atoms with Crippen molar-refractivity contribution in [1.29, 1.82) is 0 Å². The fourth-order valence-electron chi connectivity index (χ4n) is 2.76. The molecule has 20 heavy (non-hydrogen) atoms. The lowest BCUT2D eigenvalue weighted by Gasteiger charge is -2.14. The lowest BCUT2D eigenvalue weighted by molar-refractivity contribution is -0.914. The molecule has 4 nitrogen and oxygen atoms in total. The van der Waals surface area contributed by atoms with E-state index in [1.807, 2.05) is 12.1 Å². The first-order valence-electron chi connectivity index (χ1n) is 7.54. The van der Waals surface area contributed by atoms with Crippen molar-refractivity contribution in [3.63, 3.8) is 0 Å². The van der Waals surface area contributed by atoms with Crippen LogP contribution in [0.5, 0.6) is 0 Å². The number of rotatable bonds is 3. The Bertz CT molecular complexity index is 539. The van der Waals surface area contributed by atoms with E-state index in [0.717, 1.165) is 18.0 Å². The summed E-state index contributed by atoms with van der Waals surface area (Å²) >= 11 is 0. The zero-order valence-electron chi connectivity index (χ0n) is 12.1. The van der Waals surface area contributed by atoms with Crippen molar-refractivity contribution >= 4 is 0 Å². The molecule has 1 saturated heterocycles. The molecule has 0 atom stereocenters. The van der Waals surface area contributed by atoms with Gasteiger partial charge in [0.1, 0.15) is 0 Å². The monoisotopic (exact) mass is 272 g/mol. The predicted octanol–water partition coefficient (Wildman–Crippen LogP) is 2.00. The number of aryl methyl sites for hydroxylation is 1. The molecule has 0 saturated carbocycles. The topological polar surface area (TPSA) is 43.4 Å². The summed E-state index contributed by atoms with van der Waals surface area (Å²) in [6.07, 6.45) is 5.35. The van der Waals surface area contributed by atoms with E-state index < -0.39 is 0 Å². The minimum atomic E-state index is 0.634. The van der Waals surface area contributed by atoms with E-state index in [9.17, 15) is 0 Å².